The Morgan fingerprint density at radius 2 is 2.26 bits per heavy atom. The van der Waals surface area contributed by atoms with Crippen LogP contribution in [0.15, 0.2) is 22.1 Å². The van der Waals surface area contributed by atoms with E-state index in [1.165, 1.54) is 17.3 Å². The van der Waals surface area contributed by atoms with E-state index in [-0.39, 0.29) is 27.2 Å². The summed E-state index contributed by atoms with van der Waals surface area (Å²) < 4.78 is 40.8. The number of guanidine groups is 1. The molecule has 0 saturated heterocycles. The largest absolute Gasteiger partial charge is 0.612 e. The number of hydrazine groups is 2. The van der Waals surface area contributed by atoms with Gasteiger partial charge in [0.05, 0.1) is 5.56 Å². The number of carbonyl (C=O) groups excluding carboxylic acids is 1. The zero-order valence-electron chi connectivity index (χ0n) is 11.9. The smallest absolute Gasteiger partial charge is 0.387 e. The highest BCUT2D eigenvalue weighted by Crippen LogP contribution is 2.35. The number of rotatable bonds is 4. The highest BCUT2D eigenvalue weighted by molar-refractivity contribution is 7.91. The van der Waals surface area contributed by atoms with E-state index < -0.39 is 23.7 Å². The molecule has 8 nitrogen and oxygen atoms in total. The quantitative estimate of drug-likeness (QED) is 0.675. The van der Waals surface area contributed by atoms with Crippen LogP contribution in [0, 0.1) is 0 Å². The van der Waals surface area contributed by atoms with Crippen LogP contribution in [-0.4, -0.2) is 41.3 Å². The highest BCUT2D eigenvalue weighted by Gasteiger charge is 2.27. The minimum Gasteiger partial charge on any atom is -0.612 e. The number of hydrogen-bond acceptors (Lipinski definition) is 7. The number of halogens is 3. The summed E-state index contributed by atoms with van der Waals surface area (Å²) in [5, 5.41) is 7.36. The first kappa shape index (κ1) is 17.5. The molecule has 0 saturated carbocycles. The third kappa shape index (κ3) is 3.93. The Bertz CT molecular complexity index is 646. The molecule has 0 aliphatic carbocycles. The van der Waals surface area contributed by atoms with Gasteiger partial charge in [-0.2, -0.15) is 8.78 Å². The van der Waals surface area contributed by atoms with Gasteiger partial charge in [-0.15, -0.1) is 10.6 Å². The van der Waals surface area contributed by atoms with Crippen molar-refractivity contribution in [2.75, 3.05) is 13.3 Å². The predicted octanol–water partition coefficient (Wildman–Crippen LogP) is 0.634. The average Bonchev–Trinajstić information content (AvgIpc) is 2.83. The van der Waals surface area contributed by atoms with Crippen LogP contribution in [0.4, 0.5) is 8.78 Å². The Balaban J connectivity index is 2.32. The standard InChI is InChI=1S/C11H12ClF2N5O3S/c1-19-11(16-17-18-19)15-9(20)5-3-4-6(22-10(13)14)8(7(5)12)23(2)21/h3-4,10,17-18H,1-2H3,(H,15,16,20). The molecule has 3 N–H and O–H groups in total. The highest BCUT2D eigenvalue weighted by atomic mass is 35.5. The third-order valence-electron chi connectivity index (χ3n) is 2.73. The van der Waals surface area contributed by atoms with E-state index in [1.54, 1.807) is 7.05 Å². The molecule has 0 radical (unpaired) electrons. The first-order valence-electron chi connectivity index (χ1n) is 6.05. The molecule has 1 atom stereocenters. The van der Waals surface area contributed by atoms with Crippen molar-refractivity contribution >= 4 is 34.6 Å². The lowest BCUT2D eigenvalue weighted by molar-refractivity contribution is -0.0517. The maximum atomic E-state index is 12.4. The third-order valence-corrected chi connectivity index (χ3v) is 4.22. The normalized spacial score (nSPS) is 15.3. The van der Waals surface area contributed by atoms with Crippen molar-refractivity contribution in [2.24, 2.45) is 5.10 Å². The lowest BCUT2D eigenvalue weighted by Crippen LogP contribution is -2.45. The number of nitrogens with one attached hydrogen (secondary N) is 3. The number of hydrazone groups is 1. The van der Waals surface area contributed by atoms with E-state index in [0.29, 0.717) is 0 Å². The van der Waals surface area contributed by atoms with Gasteiger partial charge in [-0.3, -0.25) is 15.1 Å². The predicted molar refractivity (Wildman–Crippen MR) is 79.4 cm³/mol. The number of carbonyl (C=O) groups is 1. The first-order valence-corrected chi connectivity index (χ1v) is 7.99. The van der Waals surface area contributed by atoms with Crippen LogP contribution in [0.3, 0.4) is 0 Å². The fourth-order valence-corrected chi connectivity index (χ4v) is 3.06. The van der Waals surface area contributed by atoms with Crippen molar-refractivity contribution in [3.63, 3.8) is 0 Å². The van der Waals surface area contributed by atoms with E-state index in [2.05, 4.69) is 26.2 Å². The maximum Gasteiger partial charge on any atom is 0.387 e. The maximum absolute atomic E-state index is 12.4. The molecule has 2 rings (SSSR count). The summed E-state index contributed by atoms with van der Waals surface area (Å²) in [6, 6.07) is 2.31. The zero-order chi connectivity index (χ0) is 17.1. The Hall–Kier alpha value is -1.82. The number of alkyl halides is 2. The first-order chi connectivity index (χ1) is 10.8. The van der Waals surface area contributed by atoms with E-state index in [9.17, 15) is 18.1 Å². The van der Waals surface area contributed by atoms with Crippen molar-refractivity contribution in [1.82, 2.24) is 21.4 Å². The second kappa shape index (κ2) is 7.17. The van der Waals surface area contributed by atoms with Crippen LogP contribution in [0.25, 0.3) is 0 Å². The topological polar surface area (TPSA) is 101 Å². The number of amides is 1. The molecular formula is C11H12ClF2N5O3S. The van der Waals surface area contributed by atoms with Crippen molar-refractivity contribution < 1.29 is 22.9 Å². The fourth-order valence-electron chi connectivity index (χ4n) is 1.73. The van der Waals surface area contributed by atoms with Gasteiger partial charge in [0.2, 0.25) is 10.9 Å². The summed E-state index contributed by atoms with van der Waals surface area (Å²) in [4.78, 5) is 12.0. The molecule has 126 valence electrons. The van der Waals surface area contributed by atoms with Gasteiger partial charge in [-0.05, 0) is 23.3 Å². The van der Waals surface area contributed by atoms with Crippen molar-refractivity contribution in [3.05, 3.63) is 22.7 Å². The lowest BCUT2D eigenvalue weighted by Gasteiger charge is -2.16. The summed E-state index contributed by atoms with van der Waals surface area (Å²) >= 11 is 4.30. The monoisotopic (exact) mass is 367 g/mol. The van der Waals surface area contributed by atoms with Crippen LogP contribution in [0.1, 0.15) is 10.4 Å². The van der Waals surface area contributed by atoms with Gasteiger partial charge in [0.15, 0.2) is 5.75 Å². The Morgan fingerprint density at radius 1 is 1.57 bits per heavy atom. The summed E-state index contributed by atoms with van der Waals surface area (Å²) in [7, 11) is 1.59. The molecule has 1 unspecified atom stereocenters. The molecule has 0 fully saturated rings. The molecule has 0 spiro atoms. The van der Waals surface area contributed by atoms with E-state index in [0.717, 1.165) is 6.07 Å². The second-order valence-corrected chi connectivity index (χ2v) is 5.95. The van der Waals surface area contributed by atoms with Crippen LogP contribution >= 0.6 is 11.6 Å². The van der Waals surface area contributed by atoms with Gasteiger partial charge < -0.3 is 9.29 Å². The Morgan fingerprint density at radius 3 is 2.78 bits per heavy atom. The molecule has 0 aromatic heterocycles. The van der Waals surface area contributed by atoms with Gasteiger partial charge in [0.25, 0.3) is 5.91 Å². The van der Waals surface area contributed by atoms with E-state index >= 15 is 0 Å². The molecule has 1 aromatic rings. The van der Waals surface area contributed by atoms with Gasteiger partial charge in [-0.1, -0.05) is 11.6 Å². The number of benzene rings is 1. The van der Waals surface area contributed by atoms with Crippen molar-refractivity contribution in [1.29, 1.82) is 0 Å². The fraction of sp³-hybridized carbons (Fsp3) is 0.273. The Kier molecular flexibility index (Phi) is 5.46. The molecule has 23 heavy (non-hydrogen) atoms. The average molecular weight is 368 g/mol. The van der Waals surface area contributed by atoms with E-state index in [4.69, 9.17) is 11.6 Å². The van der Waals surface area contributed by atoms with Crippen LogP contribution in [-0.2, 0) is 11.2 Å². The molecule has 1 heterocycles. The van der Waals surface area contributed by atoms with E-state index in [1.807, 2.05) is 0 Å². The van der Waals surface area contributed by atoms with Gasteiger partial charge in [-0.25, -0.2) is 5.53 Å². The van der Waals surface area contributed by atoms with Crippen LogP contribution in [0.5, 0.6) is 5.75 Å². The minimum atomic E-state index is -3.10. The molecule has 12 heteroatoms. The lowest BCUT2D eigenvalue weighted by atomic mass is 10.2. The van der Waals surface area contributed by atoms with Crippen LogP contribution < -0.4 is 21.1 Å². The summed E-state index contributed by atoms with van der Waals surface area (Å²) in [6.07, 6.45) is 1.24. The summed E-state index contributed by atoms with van der Waals surface area (Å²) in [6.45, 7) is -3.10. The van der Waals surface area contributed by atoms with Gasteiger partial charge >= 0.3 is 6.61 Å². The molecule has 1 amide bonds. The second-order valence-electron chi connectivity index (χ2n) is 4.26. The molecule has 1 aliphatic heterocycles. The molecule has 1 aromatic carbocycles. The summed E-state index contributed by atoms with van der Waals surface area (Å²) in [5.74, 6) is -0.833. The molecule has 0 bridgehead atoms. The molecular weight excluding hydrogens is 356 g/mol. The number of ether oxygens (including phenoxy) is 1. The Labute approximate surface area is 137 Å². The minimum absolute atomic E-state index is 0.0542. The van der Waals surface area contributed by atoms with Crippen LogP contribution in [0.2, 0.25) is 5.02 Å². The summed E-state index contributed by atoms with van der Waals surface area (Å²) in [5.41, 5.74) is 4.95. The van der Waals surface area contributed by atoms with Gasteiger partial charge in [0.1, 0.15) is 11.3 Å². The SMILES string of the molecule is CN1NNN=C1NC(=O)c1ccc(OC(F)F)c([S+](C)[O-])c1Cl. The van der Waals surface area contributed by atoms with Crippen molar-refractivity contribution in [3.8, 4) is 5.75 Å². The molecule has 1 aliphatic rings. The van der Waals surface area contributed by atoms with Crippen molar-refractivity contribution in [2.45, 2.75) is 11.5 Å². The van der Waals surface area contributed by atoms with Gasteiger partial charge in [0, 0.05) is 7.05 Å². The number of hydrogen-bond donors (Lipinski definition) is 3. The number of nitrogens with zero attached hydrogens (tertiary/aromatic N) is 2. The zero-order valence-corrected chi connectivity index (χ0v) is 13.5.